The molecule has 0 saturated carbocycles. The minimum atomic E-state index is -0.427. The third kappa shape index (κ3) is 5.77. The molecule has 0 aliphatic heterocycles. The number of nitrogens with zero attached hydrogens (tertiary/aromatic N) is 2. The van der Waals surface area contributed by atoms with Crippen LogP contribution in [0.2, 0.25) is 0 Å². The number of aromatic nitrogens is 3. The van der Waals surface area contributed by atoms with Gasteiger partial charge in [-0.25, -0.2) is 9.37 Å². The van der Waals surface area contributed by atoms with Crippen molar-refractivity contribution >= 4 is 17.3 Å². The molecule has 158 valence electrons. The van der Waals surface area contributed by atoms with Crippen molar-refractivity contribution < 1.29 is 9.18 Å². The predicted molar refractivity (Wildman–Crippen MR) is 114 cm³/mol. The van der Waals surface area contributed by atoms with Crippen LogP contribution in [0.4, 0.5) is 4.39 Å². The number of fused-ring (bicyclic) bond motifs is 1. The number of H-pyrrole nitrogens is 1. The first-order valence-electron chi connectivity index (χ1n) is 10.1. The Balaban J connectivity index is 1.38. The minimum absolute atomic E-state index is 0.202. The molecule has 0 fully saturated rings. The molecule has 1 aromatic carbocycles. The maximum atomic E-state index is 14.3. The fraction of sp³-hybridized carbons (Fsp3) is 0.364. The molecule has 0 amide bonds. The number of benzene rings is 1. The van der Waals surface area contributed by atoms with Gasteiger partial charge in [-0.2, -0.15) is 0 Å². The number of hydrogen-bond donors (Lipinski definition) is 3. The van der Waals surface area contributed by atoms with Crippen LogP contribution in [0.15, 0.2) is 35.3 Å². The summed E-state index contributed by atoms with van der Waals surface area (Å²) >= 11 is 0. The molecular formula is C22H26FN5O2. The maximum absolute atomic E-state index is 14.3. The summed E-state index contributed by atoms with van der Waals surface area (Å²) in [5.41, 5.74) is 3.01. The maximum Gasteiger partial charge on any atom is 0.270 e. The van der Waals surface area contributed by atoms with Crippen molar-refractivity contribution in [1.29, 1.82) is 0 Å². The van der Waals surface area contributed by atoms with E-state index < -0.39 is 5.82 Å². The Kier molecular flexibility index (Phi) is 7.75. The van der Waals surface area contributed by atoms with Crippen molar-refractivity contribution in [2.45, 2.75) is 32.7 Å². The third-order valence-electron chi connectivity index (χ3n) is 4.81. The van der Waals surface area contributed by atoms with Gasteiger partial charge in [0, 0.05) is 25.8 Å². The molecule has 7 nitrogen and oxygen atoms in total. The lowest BCUT2D eigenvalue weighted by Gasteiger charge is -2.09. The van der Waals surface area contributed by atoms with Crippen LogP contribution in [-0.4, -0.2) is 40.9 Å². The Labute approximate surface area is 174 Å². The number of pyridine rings is 1. The highest BCUT2D eigenvalue weighted by atomic mass is 19.1. The SMILES string of the molecule is CCc1nc2c(F)cc(CNCCNCCCc3ccc(C=O)nc3)cc2[nH]c1=O. The first kappa shape index (κ1) is 21.7. The van der Waals surface area contributed by atoms with Gasteiger partial charge in [-0.1, -0.05) is 13.0 Å². The van der Waals surface area contributed by atoms with Crippen LogP contribution in [0.25, 0.3) is 11.0 Å². The quantitative estimate of drug-likeness (QED) is 0.330. The van der Waals surface area contributed by atoms with Crippen LogP contribution in [-0.2, 0) is 19.4 Å². The molecule has 0 aliphatic rings. The minimum Gasteiger partial charge on any atom is -0.319 e. The Morgan fingerprint density at radius 2 is 1.97 bits per heavy atom. The average Bonchev–Trinajstić information content (AvgIpc) is 2.75. The average molecular weight is 411 g/mol. The second kappa shape index (κ2) is 10.7. The van der Waals surface area contributed by atoms with Gasteiger partial charge in [0.05, 0.1) is 5.52 Å². The number of rotatable bonds is 11. The summed E-state index contributed by atoms with van der Waals surface area (Å²) in [4.78, 5) is 33.4. The largest absolute Gasteiger partial charge is 0.319 e. The van der Waals surface area contributed by atoms with E-state index in [-0.39, 0.29) is 11.1 Å². The molecule has 3 rings (SSSR count). The van der Waals surface area contributed by atoms with E-state index in [1.54, 1.807) is 18.3 Å². The molecular weight excluding hydrogens is 385 g/mol. The molecule has 0 saturated heterocycles. The highest BCUT2D eigenvalue weighted by Gasteiger charge is 2.09. The number of aldehydes is 1. The molecule has 0 unspecified atom stereocenters. The molecule has 0 bridgehead atoms. The van der Waals surface area contributed by atoms with Crippen molar-refractivity contribution in [3.05, 3.63) is 69.1 Å². The first-order chi connectivity index (χ1) is 14.6. The Hall–Kier alpha value is -2.97. The zero-order chi connectivity index (χ0) is 21.3. The van der Waals surface area contributed by atoms with Crippen LogP contribution < -0.4 is 16.2 Å². The molecule has 0 atom stereocenters. The van der Waals surface area contributed by atoms with E-state index in [9.17, 15) is 14.0 Å². The van der Waals surface area contributed by atoms with Gasteiger partial charge in [-0.05, 0) is 55.1 Å². The highest BCUT2D eigenvalue weighted by molar-refractivity contribution is 5.75. The monoisotopic (exact) mass is 411 g/mol. The summed E-state index contributed by atoms with van der Waals surface area (Å²) < 4.78 is 14.3. The van der Waals surface area contributed by atoms with E-state index in [1.807, 2.05) is 13.0 Å². The third-order valence-corrected chi connectivity index (χ3v) is 4.81. The number of nitrogens with one attached hydrogen (secondary N) is 3. The van der Waals surface area contributed by atoms with Gasteiger partial charge >= 0.3 is 0 Å². The van der Waals surface area contributed by atoms with E-state index in [0.717, 1.165) is 49.9 Å². The summed E-state index contributed by atoms with van der Waals surface area (Å²) in [6, 6.07) is 6.87. The van der Waals surface area contributed by atoms with Gasteiger partial charge in [0.25, 0.3) is 5.56 Å². The van der Waals surface area contributed by atoms with Gasteiger partial charge in [0.2, 0.25) is 0 Å². The molecule has 3 N–H and O–H groups in total. The molecule has 30 heavy (non-hydrogen) atoms. The Bertz CT molecular complexity index is 1050. The topological polar surface area (TPSA) is 99.8 Å². The zero-order valence-electron chi connectivity index (χ0n) is 17.0. The van der Waals surface area contributed by atoms with Gasteiger partial charge in [0.15, 0.2) is 12.1 Å². The van der Waals surface area contributed by atoms with Crippen molar-refractivity contribution in [3.63, 3.8) is 0 Å². The lowest BCUT2D eigenvalue weighted by Crippen LogP contribution is -2.28. The van der Waals surface area contributed by atoms with Crippen LogP contribution in [0.5, 0.6) is 0 Å². The second-order valence-corrected chi connectivity index (χ2v) is 7.08. The zero-order valence-corrected chi connectivity index (χ0v) is 17.0. The van der Waals surface area contributed by atoms with Crippen LogP contribution in [0.3, 0.4) is 0 Å². The smallest absolute Gasteiger partial charge is 0.270 e. The molecule has 0 aliphatic carbocycles. The normalized spacial score (nSPS) is 11.1. The van der Waals surface area contributed by atoms with Crippen LogP contribution in [0.1, 0.15) is 40.7 Å². The van der Waals surface area contributed by atoms with E-state index in [2.05, 4.69) is 25.6 Å². The lowest BCUT2D eigenvalue weighted by molar-refractivity contribution is 0.111. The molecule has 0 spiro atoms. The van der Waals surface area contributed by atoms with Crippen molar-refractivity contribution in [3.8, 4) is 0 Å². The van der Waals surface area contributed by atoms with Crippen LogP contribution in [0, 0.1) is 5.82 Å². The summed E-state index contributed by atoms with van der Waals surface area (Å²) in [6.07, 6.45) is 4.81. The van der Waals surface area contributed by atoms with Crippen molar-refractivity contribution in [1.82, 2.24) is 25.6 Å². The summed E-state index contributed by atoms with van der Waals surface area (Å²) in [5, 5.41) is 6.62. The summed E-state index contributed by atoms with van der Waals surface area (Å²) in [6.45, 7) is 4.71. The highest BCUT2D eigenvalue weighted by Crippen LogP contribution is 2.15. The first-order valence-corrected chi connectivity index (χ1v) is 10.1. The number of hydrogen-bond acceptors (Lipinski definition) is 6. The van der Waals surface area contributed by atoms with Crippen LogP contribution >= 0.6 is 0 Å². The van der Waals surface area contributed by atoms with Crippen molar-refractivity contribution in [2.24, 2.45) is 0 Å². The van der Waals surface area contributed by atoms with E-state index in [4.69, 9.17) is 0 Å². The Morgan fingerprint density at radius 3 is 2.70 bits per heavy atom. The standard InChI is InChI=1S/C22H26FN5O2/c1-2-19-22(30)28-20-11-16(10-18(23)21(20)27-19)12-25-9-8-24-7-3-4-15-5-6-17(14-29)26-13-15/h5-6,10-11,13-14,24-25H,2-4,7-9,12H2,1H3,(H,28,30). The summed E-state index contributed by atoms with van der Waals surface area (Å²) in [7, 11) is 0. The van der Waals surface area contributed by atoms with Gasteiger partial charge < -0.3 is 15.6 Å². The number of aryl methyl sites for hydroxylation is 2. The van der Waals surface area contributed by atoms with Gasteiger partial charge in [-0.3, -0.25) is 14.6 Å². The molecule has 2 aromatic heterocycles. The van der Waals surface area contributed by atoms with E-state index in [1.165, 1.54) is 6.07 Å². The molecule has 0 radical (unpaired) electrons. The lowest BCUT2D eigenvalue weighted by atomic mass is 10.1. The Morgan fingerprint density at radius 1 is 1.13 bits per heavy atom. The fourth-order valence-corrected chi connectivity index (χ4v) is 3.19. The fourth-order valence-electron chi connectivity index (χ4n) is 3.19. The molecule has 2 heterocycles. The van der Waals surface area contributed by atoms with Crippen molar-refractivity contribution in [2.75, 3.05) is 19.6 Å². The number of aromatic amines is 1. The summed E-state index contributed by atoms with van der Waals surface area (Å²) in [5.74, 6) is -0.427. The van der Waals surface area contributed by atoms with E-state index in [0.29, 0.717) is 29.9 Å². The second-order valence-electron chi connectivity index (χ2n) is 7.08. The number of carbonyl (C=O) groups is 1. The number of halogens is 1. The van der Waals surface area contributed by atoms with E-state index >= 15 is 0 Å². The number of carbonyl (C=O) groups excluding carboxylic acids is 1. The molecule has 3 aromatic rings. The molecule has 8 heteroatoms. The van der Waals surface area contributed by atoms with Gasteiger partial charge in [0.1, 0.15) is 16.9 Å². The van der Waals surface area contributed by atoms with Gasteiger partial charge in [-0.15, -0.1) is 0 Å². The predicted octanol–water partition coefficient (Wildman–Crippen LogP) is 2.14.